The maximum atomic E-state index is 12.5. The summed E-state index contributed by atoms with van der Waals surface area (Å²) in [7, 11) is 0. The molecule has 0 aliphatic rings. The quantitative estimate of drug-likeness (QED) is 0.479. The molecular formula is C19H25N3O4. The molecule has 0 aliphatic heterocycles. The molecule has 2 atom stereocenters. The van der Waals surface area contributed by atoms with Crippen molar-refractivity contribution in [3.63, 3.8) is 0 Å². The van der Waals surface area contributed by atoms with Crippen molar-refractivity contribution in [2.75, 3.05) is 0 Å². The largest absolute Gasteiger partial charge is 0.472 e. The van der Waals surface area contributed by atoms with Crippen molar-refractivity contribution >= 4 is 12.3 Å². The van der Waals surface area contributed by atoms with Crippen molar-refractivity contribution in [2.24, 2.45) is 5.92 Å². The first-order valence-electron chi connectivity index (χ1n) is 8.74. The van der Waals surface area contributed by atoms with Gasteiger partial charge in [-0.15, -0.1) is 0 Å². The van der Waals surface area contributed by atoms with Gasteiger partial charge in [0.2, 0.25) is 0 Å². The topological polar surface area (TPSA) is 83.3 Å². The second-order valence-corrected chi connectivity index (χ2v) is 6.49. The molecule has 0 radical (unpaired) electrons. The minimum Gasteiger partial charge on any atom is -0.472 e. The van der Waals surface area contributed by atoms with Crippen LogP contribution in [-0.4, -0.2) is 33.4 Å². The van der Waals surface area contributed by atoms with Gasteiger partial charge in [0.05, 0.1) is 12.3 Å². The zero-order chi connectivity index (χ0) is 18.9. The van der Waals surface area contributed by atoms with E-state index in [1.54, 1.807) is 6.20 Å². The summed E-state index contributed by atoms with van der Waals surface area (Å²) in [6.07, 6.45) is 3.31. The standard InChI is InChI=1S/C19H25N3O4/c1-14(2)18(19(24)25-13-16-9-5-4-6-10-16)22-12-17(20-21-22)26-15(3)8-7-11-23/h4-6,9-12,14-15,18H,7-8,13H2,1-3H3/t15?,18-/m0/s1. The SMILES string of the molecule is CC(CCC=O)Oc1cn([C@H](C(=O)OCc2ccccc2)C(C)C)nn1. The van der Waals surface area contributed by atoms with Crippen LogP contribution in [0.4, 0.5) is 0 Å². The van der Waals surface area contributed by atoms with Crippen LogP contribution in [0, 0.1) is 5.92 Å². The normalized spacial score (nSPS) is 13.2. The molecule has 2 aromatic rings. The summed E-state index contributed by atoms with van der Waals surface area (Å²) in [5.74, 6) is -0.0699. The molecule has 1 aromatic carbocycles. The molecule has 7 nitrogen and oxygen atoms in total. The Kier molecular flexibility index (Phi) is 7.32. The summed E-state index contributed by atoms with van der Waals surface area (Å²) in [5.41, 5.74) is 0.926. The summed E-state index contributed by atoms with van der Waals surface area (Å²) < 4.78 is 12.5. The molecule has 0 aliphatic carbocycles. The van der Waals surface area contributed by atoms with Crippen LogP contribution in [0.15, 0.2) is 36.5 Å². The third-order valence-electron chi connectivity index (χ3n) is 3.88. The van der Waals surface area contributed by atoms with E-state index in [1.807, 2.05) is 51.1 Å². The second-order valence-electron chi connectivity index (χ2n) is 6.49. The molecule has 2 rings (SSSR count). The van der Waals surface area contributed by atoms with E-state index in [9.17, 15) is 9.59 Å². The smallest absolute Gasteiger partial charge is 0.331 e. The maximum Gasteiger partial charge on any atom is 0.331 e. The maximum absolute atomic E-state index is 12.5. The van der Waals surface area contributed by atoms with E-state index in [1.165, 1.54) is 4.68 Å². The summed E-state index contributed by atoms with van der Waals surface area (Å²) in [5, 5.41) is 7.98. The van der Waals surface area contributed by atoms with Gasteiger partial charge < -0.3 is 14.3 Å². The van der Waals surface area contributed by atoms with Crippen molar-refractivity contribution in [3.05, 3.63) is 42.1 Å². The van der Waals surface area contributed by atoms with Crippen LogP contribution in [0.25, 0.3) is 0 Å². The molecule has 0 amide bonds. The van der Waals surface area contributed by atoms with Crippen LogP contribution in [0.1, 0.15) is 45.2 Å². The minimum absolute atomic E-state index is 0.0275. The number of hydrogen-bond donors (Lipinski definition) is 0. The second kappa shape index (κ2) is 9.70. The number of benzene rings is 1. The number of carbonyl (C=O) groups is 2. The van der Waals surface area contributed by atoms with Gasteiger partial charge in [-0.05, 0) is 24.8 Å². The van der Waals surface area contributed by atoms with Gasteiger partial charge in [0.15, 0.2) is 6.04 Å². The average molecular weight is 359 g/mol. The van der Waals surface area contributed by atoms with Crippen LogP contribution in [0.3, 0.4) is 0 Å². The van der Waals surface area contributed by atoms with Crippen molar-refractivity contribution in [2.45, 2.75) is 52.4 Å². The fourth-order valence-electron chi connectivity index (χ4n) is 2.52. The summed E-state index contributed by atoms with van der Waals surface area (Å²) >= 11 is 0. The molecule has 26 heavy (non-hydrogen) atoms. The summed E-state index contributed by atoms with van der Waals surface area (Å²) in [4.78, 5) is 23.0. The number of nitrogens with zero attached hydrogens (tertiary/aromatic N) is 3. The van der Waals surface area contributed by atoms with Crippen LogP contribution in [0.2, 0.25) is 0 Å². The van der Waals surface area contributed by atoms with E-state index in [-0.39, 0.29) is 24.6 Å². The minimum atomic E-state index is -0.589. The molecule has 7 heteroatoms. The van der Waals surface area contributed by atoms with E-state index in [2.05, 4.69) is 10.3 Å². The average Bonchev–Trinajstić information content (AvgIpc) is 3.06. The predicted molar refractivity (Wildman–Crippen MR) is 95.5 cm³/mol. The molecule has 0 bridgehead atoms. The van der Waals surface area contributed by atoms with Crippen LogP contribution in [-0.2, 0) is 20.9 Å². The summed E-state index contributed by atoms with van der Waals surface area (Å²) in [6, 6.07) is 8.93. The van der Waals surface area contributed by atoms with Crippen LogP contribution >= 0.6 is 0 Å². The molecule has 0 saturated carbocycles. The van der Waals surface area contributed by atoms with Crippen LogP contribution in [0.5, 0.6) is 5.88 Å². The van der Waals surface area contributed by atoms with Gasteiger partial charge >= 0.3 is 5.97 Å². The highest BCUT2D eigenvalue weighted by atomic mass is 16.5. The van der Waals surface area contributed by atoms with Crippen molar-refractivity contribution < 1.29 is 19.1 Å². The number of hydrogen-bond acceptors (Lipinski definition) is 6. The molecule has 0 spiro atoms. The Bertz CT molecular complexity index is 700. The molecule has 140 valence electrons. The first-order chi connectivity index (χ1) is 12.5. The first kappa shape index (κ1) is 19.6. The van der Waals surface area contributed by atoms with E-state index in [0.29, 0.717) is 18.7 Å². The molecule has 1 unspecified atom stereocenters. The Morgan fingerprint density at radius 2 is 1.96 bits per heavy atom. The number of esters is 1. The van der Waals surface area contributed by atoms with Crippen LogP contribution < -0.4 is 4.74 Å². The van der Waals surface area contributed by atoms with Gasteiger partial charge in [-0.3, -0.25) is 0 Å². The van der Waals surface area contributed by atoms with Crippen molar-refractivity contribution in [3.8, 4) is 5.88 Å². The Labute approximate surface area is 153 Å². The van der Waals surface area contributed by atoms with Gasteiger partial charge in [-0.25, -0.2) is 9.48 Å². The molecule has 1 heterocycles. The lowest BCUT2D eigenvalue weighted by atomic mass is 10.1. The van der Waals surface area contributed by atoms with E-state index >= 15 is 0 Å². The van der Waals surface area contributed by atoms with E-state index in [4.69, 9.17) is 9.47 Å². The Balaban J connectivity index is 2.00. The molecule has 0 N–H and O–H groups in total. The summed E-state index contributed by atoms with van der Waals surface area (Å²) in [6.45, 7) is 5.91. The third kappa shape index (κ3) is 5.68. The number of ether oxygens (including phenoxy) is 2. The fourth-order valence-corrected chi connectivity index (χ4v) is 2.52. The highest BCUT2D eigenvalue weighted by molar-refractivity contribution is 5.74. The molecule has 0 fully saturated rings. The molecule has 0 saturated heterocycles. The van der Waals surface area contributed by atoms with Gasteiger partial charge in [0, 0.05) is 6.42 Å². The fraction of sp³-hybridized carbons (Fsp3) is 0.474. The zero-order valence-electron chi connectivity index (χ0n) is 15.4. The number of aldehydes is 1. The van der Waals surface area contributed by atoms with Gasteiger partial charge in [0.25, 0.3) is 5.88 Å². The lowest BCUT2D eigenvalue weighted by Gasteiger charge is -2.19. The highest BCUT2D eigenvalue weighted by Gasteiger charge is 2.27. The Morgan fingerprint density at radius 1 is 1.23 bits per heavy atom. The monoisotopic (exact) mass is 359 g/mol. The lowest BCUT2D eigenvalue weighted by molar-refractivity contribution is -0.151. The van der Waals surface area contributed by atoms with Gasteiger partial charge in [-0.1, -0.05) is 54.5 Å². The van der Waals surface area contributed by atoms with E-state index < -0.39 is 6.04 Å². The van der Waals surface area contributed by atoms with Gasteiger partial charge in [0.1, 0.15) is 12.9 Å². The van der Waals surface area contributed by atoms with Gasteiger partial charge in [-0.2, -0.15) is 0 Å². The van der Waals surface area contributed by atoms with Crippen molar-refractivity contribution in [1.82, 2.24) is 15.0 Å². The predicted octanol–water partition coefficient (Wildman–Crippen LogP) is 2.97. The highest BCUT2D eigenvalue weighted by Crippen LogP contribution is 2.21. The Morgan fingerprint density at radius 3 is 2.62 bits per heavy atom. The molecule has 1 aromatic heterocycles. The van der Waals surface area contributed by atoms with Crippen molar-refractivity contribution in [1.29, 1.82) is 0 Å². The zero-order valence-corrected chi connectivity index (χ0v) is 15.4. The third-order valence-corrected chi connectivity index (χ3v) is 3.88. The first-order valence-corrected chi connectivity index (χ1v) is 8.74. The Hall–Kier alpha value is -2.70. The lowest BCUT2D eigenvalue weighted by Crippen LogP contribution is -2.27. The number of carbonyl (C=O) groups excluding carboxylic acids is 2. The number of aromatic nitrogens is 3. The number of rotatable bonds is 10. The van der Waals surface area contributed by atoms with E-state index in [0.717, 1.165) is 11.8 Å². The molecular weight excluding hydrogens is 334 g/mol.